The van der Waals surface area contributed by atoms with E-state index in [4.69, 9.17) is 0 Å². The average molecular weight is 315 g/mol. The van der Waals surface area contributed by atoms with Crippen LogP contribution in [0, 0.1) is 11.8 Å². The van der Waals surface area contributed by atoms with Crippen molar-refractivity contribution in [3.63, 3.8) is 0 Å². The van der Waals surface area contributed by atoms with Crippen molar-refractivity contribution < 1.29 is 9.59 Å². The Kier molecular flexibility index (Phi) is 4.55. The Bertz CT molecular complexity index is 570. The zero-order valence-electron chi connectivity index (χ0n) is 13.9. The van der Waals surface area contributed by atoms with Crippen molar-refractivity contribution >= 4 is 23.2 Å². The highest BCUT2D eigenvalue weighted by Crippen LogP contribution is 2.32. The SMILES string of the molecule is CN(C)c1ccc(NC(=O)C2CCN(C(=O)C3CC3)CC2)cc1. The van der Waals surface area contributed by atoms with Crippen molar-refractivity contribution in [3.05, 3.63) is 24.3 Å². The second-order valence-corrected chi connectivity index (χ2v) is 6.80. The van der Waals surface area contributed by atoms with Gasteiger partial charge >= 0.3 is 0 Å². The smallest absolute Gasteiger partial charge is 0.227 e. The lowest BCUT2D eigenvalue weighted by Crippen LogP contribution is -2.42. The van der Waals surface area contributed by atoms with Gasteiger partial charge in [-0.15, -0.1) is 0 Å². The molecule has 2 amide bonds. The molecule has 1 aliphatic carbocycles. The van der Waals surface area contributed by atoms with Crippen LogP contribution in [0.1, 0.15) is 25.7 Å². The molecule has 1 saturated carbocycles. The van der Waals surface area contributed by atoms with E-state index in [2.05, 4.69) is 5.32 Å². The van der Waals surface area contributed by atoms with Gasteiger partial charge in [-0.1, -0.05) is 0 Å². The number of amides is 2. The Balaban J connectivity index is 1.50. The fraction of sp³-hybridized carbons (Fsp3) is 0.556. The average Bonchev–Trinajstić information content (AvgIpc) is 3.40. The number of likely N-dealkylation sites (tertiary alicyclic amines) is 1. The fourth-order valence-electron chi connectivity index (χ4n) is 3.04. The Morgan fingerprint density at radius 3 is 2.13 bits per heavy atom. The minimum atomic E-state index is 0.00628. The largest absolute Gasteiger partial charge is 0.378 e. The lowest BCUT2D eigenvalue weighted by Gasteiger charge is -2.31. The molecule has 1 aromatic carbocycles. The molecule has 124 valence electrons. The van der Waals surface area contributed by atoms with Gasteiger partial charge in [0.1, 0.15) is 0 Å². The number of hydrogen-bond acceptors (Lipinski definition) is 3. The van der Waals surface area contributed by atoms with E-state index in [1.807, 2.05) is 48.2 Å². The molecular weight excluding hydrogens is 290 g/mol. The quantitative estimate of drug-likeness (QED) is 0.928. The predicted octanol–water partition coefficient (Wildman–Crippen LogP) is 2.34. The van der Waals surface area contributed by atoms with Gasteiger partial charge < -0.3 is 15.1 Å². The first-order valence-corrected chi connectivity index (χ1v) is 8.41. The summed E-state index contributed by atoms with van der Waals surface area (Å²) in [7, 11) is 3.98. The number of rotatable bonds is 4. The van der Waals surface area contributed by atoms with Gasteiger partial charge in [0.25, 0.3) is 0 Å². The summed E-state index contributed by atoms with van der Waals surface area (Å²) in [5.41, 5.74) is 1.94. The van der Waals surface area contributed by atoms with Crippen LogP contribution in [0.5, 0.6) is 0 Å². The van der Waals surface area contributed by atoms with E-state index in [9.17, 15) is 9.59 Å². The van der Waals surface area contributed by atoms with E-state index in [0.29, 0.717) is 19.0 Å². The molecular formula is C18H25N3O2. The van der Waals surface area contributed by atoms with Crippen LogP contribution in [0.2, 0.25) is 0 Å². The van der Waals surface area contributed by atoms with Crippen molar-refractivity contribution in [1.82, 2.24) is 4.90 Å². The van der Waals surface area contributed by atoms with Gasteiger partial charge in [-0.05, 0) is 49.9 Å². The van der Waals surface area contributed by atoms with Gasteiger partial charge in [0.05, 0.1) is 0 Å². The molecule has 1 N–H and O–H groups in total. The van der Waals surface area contributed by atoms with Gasteiger partial charge in [0.2, 0.25) is 11.8 Å². The van der Waals surface area contributed by atoms with Crippen LogP contribution in [0.25, 0.3) is 0 Å². The molecule has 2 fully saturated rings. The summed E-state index contributed by atoms with van der Waals surface area (Å²) in [6.07, 6.45) is 3.62. The third-order valence-corrected chi connectivity index (χ3v) is 4.76. The number of benzene rings is 1. The predicted molar refractivity (Wildman–Crippen MR) is 91.4 cm³/mol. The Hall–Kier alpha value is -2.04. The van der Waals surface area contributed by atoms with Crippen molar-refractivity contribution in [2.45, 2.75) is 25.7 Å². The van der Waals surface area contributed by atoms with E-state index in [1.165, 1.54) is 0 Å². The molecule has 1 heterocycles. The van der Waals surface area contributed by atoms with E-state index in [1.54, 1.807) is 0 Å². The van der Waals surface area contributed by atoms with E-state index < -0.39 is 0 Å². The Morgan fingerprint density at radius 2 is 1.61 bits per heavy atom. The van der Waals surface area contributed by atoms with Crippen LogP contribution >= 0.6 is 0 Å². The summed E-state index contributed by atoms with van der Waals surface area (Å²) in [6, 6.07) is 7.84. The molecule has 0 unspecified atom stereocenters. The second kappa shape index (κ2) is 6.60. The van der Waals surface area contributed by atoms with Crippen LogP contribution < -0.4 is 10.2 Å². The summed E-state index contributed by atoms with van der Waals surface area (Å²) in [6.45, 7) is 1.43. The molecule has 0 bridgehead atoms. The number of nitrogens with zero attached hydrogens (tertiary/aromatic N) is 2. The van der Waals surface area contributed by atoms with Gasteiger partial charge in [-0.2, -0.15) is 0 Å². The first-order chi connectivity index (χ1) is 11.0. The lowest BCUT2D eigenvalue weighted by molar-refractivity contribution is -0.135. The zero-order chi connectivity index (χ0) is 16.4. The number of nitrogens with one attached hydrogen (secondary N) is 1. The molecule has 0 spiro atoms. The molecule has 5 nitrogen and oxygen atoms in total. The van der Waals surface area contributed by atoms with Gasteiger partial charge in [0.15, 0.2) is 0 Å². The minimum Gasteiger partial charge on any atom is -0.378 e. The molecule has 1 aromatic rings. The Morgan fingerprint density at radius 1 is 1.00 bits per heavy atom. The molecule has 3 rings (SSSR count). The van der Waals surface area contributed by atoms with Crippen molar-refractivity contribution in [2.24, 2.45) is 11.8 Å². The normalized spacial score (nSPS) is 18.6. The van der Waals surface area contributed by atoms with Gasteiger partial charge in [-0.25, -0.2) is 0 Å². The second-order valence-electron chi connectivity index (χ2n) is 6.80. The maximum absolute atomic E-state index is 12.4. The number of carbonyl (C=O) groups excluding carboxylic acids is 2. The monoisotopic (exact) mass is 315 g/mol. The number of carbonyl (C=O) groups is 2. The van der Waals surface area contributed by atoms with E-state index in [-0.39, 0.29) is 17.7 Å². The molecule has 1 aliphatic heterocycles. The van der Waals surface area contributed by atoms with E-state index >= 15 is 0 Å². The topological polar surface area (TPSA) is 52.7 Å². The molecule has 0 radical (unpaired) electrons. The highest BCUT2D eigenvalue weighted by molar-refractivity contribution is 5.93. The summed E-state index contributed by atoms with van der Waals surface area (Å²) in [5.74, 6) is 0.645. The molecule has 0 atom stereocenters. The molecule has 23 heavy (non-hydrogen) atoms. The summed E-state index contributed by atoms with van der Waals surface area (Å²) < 4.78 is 0. The maximum Gasteiger partial charge on any atom is 0.227 e. The highest BCUT2D eigenvalue weighted by Gasteiger charge is 2.35. The van der Waals surface area contributed by atoms with Crippen LogP contribution in [0.3, 0.4) is 0 Å². The van der Waals surface area contributed by atoms with Crippen molar-refractivity contribution in [1.29, 1.82) is 0 Å². The van der Waals surface area contributed by atoms with Gasteiger partial charge in [-0.3, -0.25) is 9.59 Å². The molecule has 1 saturated heterocycles. The molecule has 2 aliphatic rings. The molecule has 0 aromatic heterocycles. The van der Waals surface area contributed by atoms with Crippen molar-refractivity contribution in [3.8, 4) is 0 Å². The fourth-order valence-corrected chi connectivity index (χ4v) is 3.04. The molecule has 5 heteroatoms. The summed E-state index contributed by atoms with van der Waals surface area (Å²) in [4.78, 5) is 28.4. The summed E-state index contributed by atoms with van der Waals surface area (Å²) >= 11 is 0. The Labute approximate surface area is 137 Å². The summed E-state index contributed by atoms with van der Waals surface area (Å²) in [5, 5.41) is 3.00. The third kappa shape index (κ3) is 3.84. The highest BCUT2D eigenvalue weighted by atomic mass is 16.2. The van der Waals surface area contributed by atoms with E-state index in [0.717, 1.165) is 37.1 Å². The number of piperidine rings is 1. The minimum absolute atomic E-state index is 0.00628. The standard InChI is InChI=1S/C18H25N3O2/c1-20(2)16-7-5-15(6-8-16)19-17(22)13-9-11-21(12-10-13)18(23)14-3-4-14/h5-8,13-14H,3-4,9-12H2,1-2H3,(H,19,22). The number of hydrogen-bond donors (Lipinski definition) is 1. The van der Waals surface area contributed by atoms with Crippen LogP contribution in [0.15, 0.2) is 24.3 Å². The number of anilines is 2. The van der Waals surface area contributed by atoms with Crippen LogP contribution in [-0.2, 0) is 9.59 Å². The van der Waals surface area contributed by atoms with Crippen LogP contribution in [-0.4, -0.2) is 43.9 Å². The van der Waals surface area contributed by atoms with Crippen LogP contribution in [0.4, 0.5) is 11.4 Å². The maximum atomic E-state index is 12.4. The first-order valence-electron chi connectivity index (χ1n) is 8.41. The third-order valence-electron chi connectivity index (χ3n) is 4.76. The van der Waals surface area contributed by atoms with Gasteiger partial charge in [0, 0.05) is 50.4 Å². The first kappa shape index (κ1) is 15.8. The lowest BCUT2D eigenvalue weighted by atomic mass is 9.95. The van der Waals surface area contributed by atoms with Crippen molar-refractivity contribution in [2.75, 3.05) is 37.4 Å². The zero-order valence-corrected chi connectivity index (χ0v) is 13.9.